The Labute approximate surface area is 162 Å². The fourth-order valence-corrected chi connectivity index (χ4v) is 2.39. The fraction of sp³-hybridized carbons (Fsp3) is 0.688. The van der Waals surface area contributed by atoms with Crippen molar-refractivity contribution >= 4 is 41.5 Å². The standard InChI is InChI=1S/C16H29ClN4O.HI/c1-13(2)12-22-8-6-7-19-16(18-3)21(5)11-15-9-14(17)10-20(15)4;/h9-10,13H,6-8,11-12H2,1-5H3,(H,18,19);1H. The third-order valence-corrected chi connectivity index (χ3v) is 3.45. The Morgan fingerprint density at radius 3 is 2.70 bits per heavy atom. The summed E-state index contributed by atoms with van der Waals surface area (Å²) in [4.78, 5) is 6.40. The Morgan fingerprint density at radius 2 is 2.17 bits per heavy atom. The lowest BCUT2D eigenvalue weighted by atomic mass is 10.2. The molecular weight excluding hydrogens is 427 g/mol. The summed E-state index contributed by atoms with van der Waals surface area (Å²) in [5.74, 6) is 1.46. The average Bonchev–Trinajstić information content (AvgIpc) is 2.75. The summed E-state index contributed by atoms with van der Waals surface area (Å²) in [7, 11) is 5.81. The van der Waals surface area contributed by atoms with Crippen molar-refractivity contribution in [1.82, 2.24) is 14.8 Å². The molecule has 134 valence electrons. The van der Waals surface area contributed by atoms with Crippen molar-refractivity contribution in [2.45, 2.75) is 26.8 Å². The largest absolute Gasteiger partial charge is 0.381 e. The second-order valence-electron chi connectivity index (χ2n) is 5.91. The van der Waals surface area contributed by atoms with E-state index in [0.717, 1.165) is 49.4 Å². The number of guanidine groups is 1. The number of aliphatic imine (C=N–C) groups is 1. The molecule has 0 radical (unpaired) electrons. The lowest BCUT2D eigenvalue weighted by Gasteiger charge is -2.22. The zero-order chi connectivity index (χ0) is 16.5. The van der Waals surface area contributed by atoms with Gasteiger partial charge in [0.2, 0.25) is 0 Å². The van der Waals surface area contributed by atoms with Crippen LogP contribution in [0.5, 0.6) is 0 Å². The molecule has 0 fully saturated rings. The van der Waals surface area contributed by atoms with Crippen LogP contribution >= 0.6 is 35.6 Å². The van der Waals surface area contributed by atoms with Crippen molar-refractivity contribution in [2.75, 3.05) is 33.9 Å². The highest BCUT2D eigenvalue weighted by Crippen LogP contribution is 2.14. The first-order valence-electron chi connectivity index (χ1n) is 7.74. The summed E-state index contributed by atoms with van der Waals surface area (Å²) in [6, 6.07) is 1.98. The smallest absolute Gasteiger partial charge is 0.193 e. The molecule has 23 heavy (non-hydrogen) atoms. The Balaban J connectivity index is 0.00000484. The minimum absolute atomic E-state index is 0. The first kappa shape index (κ1) is 22.5. The van der Waals surface area contributed by atoms with Gasteiger partial charge in [-0.1, -0.05) is 25.4 Å². The summed E-state index contributed by atoms with van der Waals surface area (Å²) in [6.07, 6.45) is 2.88. The molecule has 0 aromatic carbocycles. The van der Waals surface area contributed by atoms with E-state index in [9.17, 15) is 0 Å². The Bertz CT molecular complexity index is 477. The fourth-order valence-electron chi connectivity index (χ4n) is 2.12. The molecule has 0 bridgehead atoms. The minimum atomic E-state index is 0. The van der Waals surface area contributed by atoms with Gasteiger partial charge < -0.3 is 19.5 Å². The van der Waals surface area contributed by atoms with Crippen molar-refractivity contribution in [2.24, 2.45) is 18.0 Å². The summed E-state index contributed by atoms with van der Waals surface area (Å²) < 4.78 is 7.61. The quantitative estimate of drug-likeness (QED) is 0.282. The summed E-state index contributed by atoms with van der Waals surface area (Å²) >= 11 is 6.02. The maximum Gasteiger partial charge on any atom is 0.193 e. The Hall–Kier alpha value is -0.470. The van der Waals surface area contributed by atoms with Crippen molar-refractivity contribution in [3.05, 3.63) is 23.0 Å². The number of hydrogen-bond donors (Lipinski definition) is 1. The van der Waals surface area contributed by atoms with Gasteiger partial charge in [0.25, 0.3) is 0 Å². The van der Waals surface area contributed by atoms with E-state index in [-0.39, 0.29) is 24.0 Å². The summed E-state index contributed by atoms with van der Waals surface area (Å²) in [5.41, 5.74) is 1.15. The highest BCUT2D eigenvalue weighted by atomic mass is 127. The average molecular weight is 457 g/mol. The molecule has 0 aliphatic carbocycles. The van der Waals surface area contributed by atoms with E-state index in [4.69, 9.17) is 16.3 Å². The Morgan fingerprint density at radius 1 is 1.48 bits per heavy atom. The molecule has 1 heterocycles. The lowest BCUT2D eigenvalue weighted by molar-refractivity contribution is 0.108. The monoisotopic (exact) mass is 456 g/mol. The van der Waals surface area contributed by atoms with Gasteiger partial charge in [0, 0.05) is 52.8 Å². The second kappa shape index (κ2) is 12.0. The van der Waals surface area contributed by atoms with E-state index in [1.807, 2.05) is 30.9 Å². The molecule has 5 nitrogen and oxygen atoms in total. The molecule has 0 saturated heterocycles. The third kappa shape index (κ3) is 8.81. The first-order valence-corrected chi connectivity index (χ1v) is 8.12. The van der Waals surface area contributed by atoms with Gasteiger partial charge in [-0.3, -0.25) is 4.99 Å². The van der Waals surface area contributed by atoms with Crippen LogP contribution in [0.3, 0.4) is 0 Å². The predicted octanol–water partition coefficient (Wildman–Crippen LogP) is 3.37. The number of aromatic nitrogens is 1. The number of aryl methyl sites for hydroxylation is 1. The molecule has 1 aromatic rings. The SMILES string of the molecule is CN=C(NCCCOCC(C)C)N(C)Cc1cc(Cl)cn1C.I. The number of rotatable bonds is 8. The van der Waals surface area contributed by atoms with E-state index in [0.29, 0.717) is 5.92 Å². The van der Waals surface area contributed by atoms with Crippen LogP contribution in [0.25, 0.3) is 0 Å². The van der Waals surface area contributed by atoms with Gasteiger partial charge in [-0.2, -0.15) is 0 Å². The van der Waals surface area contributed by atoms with E-state index < -0.39 is 0 Å². The predicted molar refractivity (Wildman–Crippen MR) is 109 cm³/mol. The zero-order valence-corrected chi connectivity index (χ0v) is 17.9. The van der Waals surface area contributed by atoms with Crippen LogP contribution in [-0.2, 0) is 18.3 Å². The molecule has 0 aliphatic heterocycles. The molecule has 1 aromatic heterocycles. The molecule has 1 N–H and O–H groups in total. The van der Waals surface area contributed by atoms with Gasteiger partial charge in [0.05, 0.1) is 11.6 Å². The molecule has 0 amide bonds. The van der Waals surface area contributed by atoms with Crippen molar-refractivity contribution in [1.29, 1.82) is 0 Å². The highest BCUT2D eigenvalue weighted by molar-refractivity contribution is 14.0. The van der Waals surface area contributed by atoms with E-state index >= 15 is 0 Å². The molecule has 0 unspecified atom stereocenters. The first-order chi connectivity index (χ1) is 10.4. The number of nitrogens with zero attached hydrogens (tertiary/aromatic N) is 3. The topological polar surface area (TPSA) is 41.8 Å². The zero-order valence-electron chi connectivity index (χ0n) is 14.8. The normalized spacial score (nSPS) is 11.5. The minimum Gasteiger partial charge on any atom is -0.381 e. The van der Waals surface area contributed by atoms with Gasteiger partial charge in [-0.05, 0) is 18.4 Å². The molecule has 0 spiro atoms. The second-order valence-corrected chi connectivity index (χ2v) is 6.35. The summed E-state index contributed by atoms with van der Waals surface area (Å²) in [5, 5.41) is 4.12. The van der Waals surface area contributed by atoms with Crippen LogP contribution in [0.1, 0.15) is 26.0 Å². The molecule has 7 heteroatoms. The van der Waals surface area contributed by atoms with Crippen molar-refractivity contribution in [3.63, 3.8) is 0 Å². The lowest BCUT2D eigenvalue weighted by Crippen LogP contribution is -2.39. The number of nitrogens with one attached hydrogen (secondary N) is 1. The van der Waals surface area contributed by atoms with Crippen LogP contribution < -0.4 is 5.32 Å². The number of halogens is 2. The van der Waals surface area contributed by atoms with Gasteiger partial charge >= 0.3 is 0 Å². The van der Waals surface area contributed by atoms with E-state index in [2.05, 4.69) is 29.1 Å². The molecule has 0 saturated carbocycles. The van der Waals surface area contributed by atoms with Crippen molar-refractivity contribution < 1.29 is 4.74 Å². The van der Waals surface area contributed by atoms with E-state index in [1.54, 1.807) is 7.05 Å². The van der Waals surface area contributed by atoms with Gasteiger partial charge in [-0.15, -0.1) is 24.0 Å². The van der Waals surface area contributed by atoms with Gasteiger partial charge in [0.15, 0.2) is 5.96 Å². The van der Waals surface area contributed by atoms with E-state index in [1.165, 1.54) is 0 Å². The maximum absolute atomic E-state index is 6.02. The third-order valence-electron chi connectivity index (χ3n) is 3.25. The molecule has 0 atom stereocenters. The van der Waals surface area contributed by atoms with Crippen molar-refractivity contribution in [3.8, 4) is 0 Å². The van der Waals surface area contributed by atoms with Gasteiger partial charge in [-0.25, -0.2) is 0 Å². The number of ether oxygens (including phenoxy) is 1. The number of hydrogen-bond acceptors (Lipinski definition) is 2. The van der Waals surface area contributed by atoms with Crippen LogP contribution in [0, 0.1) is 5.92 Å². The van der Waals surface area contributed by atoms with Gasteiger partial charge in [0.1, 0.15) is 0 Å². The molecule has 0 aliphatic rings. The van der Waals surface area contributed by atoms with Crippen LogP contribution in [0.15, 0.2) is 17.3 Å². The van der Waals surface area contributed by atoms with Crippen LogP contribution in [0.4, 0.5) is 0 Å². The maximum atomic E-state index is 6.02. The molecular formula is C16H30ClIN4O. The van der Waals surface area contributed by atoms with Crippen LogP contribution in [-0.4, -0.2) is 49.3 Å². The molecule has 1 rings (SSSR count). The summed E-state index contributed by atoms with van der Waals surface area (Å²) in [6.45, 7) is 7.52. The Kier molecular flexibility index (Phi) is 11.7. The highest BCUT2D eigenvalue weighted by Gasteiger charge is 2.09. The van der Waals surface area contributed by atoms with Crippen LogP contribution in [0.2, 0.25) is 5.02 Å².